The first kappa shape index (κ1) is 8.51. The monoisotopic (exact) mass is 192 g/mol. The van der Waals surface area contributed by atoms with Gasteiger partial charge in [0.25, 0.3) is 0 Å². The molecule has 0 amide bonds. The Kier molecular flexibility index (Phi) is 1.96. The van der Waals surface area contributed by atoms with Crippen molar-refractivity contribution in [3.63, 3.8) is 0 Å². The lowest BCUT2D eigenvalue weighted by molar-refractivity contribution is 0.880. The molecule has 0 unspecified atom stereocenters. The minimum absolute atomic E-state index is 0.514. The molecular formula is C10H12N2S. The lowest BCUT2D eigenvalue weighted by Crippen LogP contribution is -1.92. The quantitative estimate of drug-likeness (QED) is 0.754. The first-order valence-electron chi connectivity index (χ1n) is 4.31. The van der Waals surface area contributed by atoms with Gasteiger partial charge < -0.3 is 5.73 Å². The molecule has 0 saturated heterocycles. The average molecular weight is 192 g/mol. The van der Waals surface area contributed by atoms with Crippen molar-refractivity contribution in [2.45, 2.75) is 19.8 Å². The minimum atomic E-state index is 0.514. The van der Waals surface area contributed by atoms with Gasteiger partial charge in [-0.25, -0.2) is 4.98 Å². The van der Waals surface area contributed by atoms with Crippen molar-refractivity contribution in [1.82, 2.24) is 4.98 Å². The van der Waals surface area contributed by atoms with Crippen molar-refractivity contribution in [2.24, 2.45) is 0 Å². The van der Waals surface area contributed by atoms with Gasteiger partial charge in [-0.3, -0.25) is 0 Å². The number of pyridine rings is 1. The van der Waals surface area contributed by atoms with Crippen molar-refractivity contribution in [3.05, 3.63) is 23.2 Å². The van der Waals surface area contributed by atoms with E-state index in [1.54, 1.807) is 17.5 Å². The third-order valence-corrected chi connectivity index (χ3v) is 3.13. The Hall–Kier alpha value is -1.09. The number of rotatable bonds is 1. The second-order valence-electron chi connectivity index (χ2n) is 3.42. The maximum absolute atomic E-state index is 5.83. The van der Waals surface area contributed by atoms with Crippen molar-refractivity contribution in [1.29, 1.82) is 0 Å². The number of fused-ring (bicyclic) bond motifs is 1. The highest BCUT2D eigenvalue weighted by molar-refractivity contribution is 7.17. The molecule has 13 heavy (non-hydrogen) atoms. The molecule has 0 atom stereocenters. The summed E-state index contributed by atoms with van der Waals surface area (Å²) in [7, 11) is 0. The van der Waals surface area contributed by atoms with E-state index in [1.807, 2.05) is 6.07 Å². The van der Waals surface area contributed by atoms with Gasteiger partial charge in [0.2, 0.25) is 0 Å². The van der Waals surface area contributed by atoms with Gasteiger partial charge in [0.15, 0.2) is 0 Å². The van der Waals surface area contributed by atoms with Crippen LogP contribution in [0.25, 0.3) is 10.1 Å². The second kappa shape index (κ2) is 3.00. The number of nitrogens with zero attached hydrogens (tertiary/aromatic N) is 1. The highest BCUT2D eigenvalue weighted by atomic mass is 32.1. The van der Waals surface area contributed by atoms with E-state index >= 15 is 0 Å². The van der Waals surface area contributed by atoms with Crippen LogP contribution in [0.5, 0.6) is 0 Å². The Labute approximate surface area is 81.4 Å². The molecule has 0 radical (unpaired) electrons. The lowest BCUT2D eigenvalue weighted by Gasteiger charge is -2.03. The summed E-state index contributed by atoms with van der Waals surface area (Å²) in [5.41, 5.74) is 7.15. The predicted octanol–water partition coefficient (Wildman–Crippen LogP) is 3.00. The summed E-state index contributed by atoms with van der Waals surface area (Å²) in [6, 6.07) is 2.02. The number of aromatic nitrogens is 1. The van der Waals surface area contributed by atoms with Crippen LogP contribution in [0.15, 0.2) is 17.6 Å². The summed E-state index contributed by atoms with van der Waals surface area (Å²) in [5.74, 6) is 1.17. The number of anilines is 1. The molecule has 0 aliphatic carbocycles. The Morgan fingerprint density at radius 2 is 2.23 bits per heavy atom. The summed E-state index contributed by atoms with van der Waals surface area (Å²) >= 11 is 1.74. The molecule has 3 heteroatoms. The van der Waals surface area contributed by atoms with Crippen LogP contribution in [0, 0.1) is 0 Å². The van der Waals surface area contributed by atoms with Crippen LogP contribution in [0.2, 0.25) is 0 Å². The molecule has 0 spiro atoms. The van der Waals surface area contributed by atoms with Crippen LogP contribution in [-0.2, 0) is 0 Å². The second-order valence-corrected chi connectivity index (χ2v) is 4.33. The molecule has 0 fully saturated rings. The predicted molar refractivity (Wildman–Crippen MR) is 58.1 cm³/mol. The molecule has 2 N–H and O–H groups in total. The fraction of sp³-hybridized carbons (Fsp3) is 0.300. The lowest BCUT2D eigenvalue weighted by atomic mass is 10.0. The molecule has 0 saturated carbocycles. The van der Waals surface area contributed by atoms with E-state index in [4.69, 9.17) is 5.73 Å². The SMILES string of the molecule is CC(C)c1csc2ccnc(N)c12. The Morgan fingerprint density at radius 1 is 1.46 bits per heavy atom. The van der Waals surface area contributed by atoms with Crippen LogP contribution >= 0.6 is 11.3 Å². The van der Waals surface area contributed by atoms with E-state index in [0.29, 0.717) is 11.7 Å². The van der Waals surface area contributed by atoms with E-state index in [2.05, 4.69) is 24.2 Å². The molecule has 2 nitrogen and oxygen atoms in total. The fourth-order valence-electron chi connectivity index (χ4n) is 1.46. The van der Waals surface area contributed by atoms with E-state index in [-0.39, 0.29) is 0 Å². The zero-order valence-corrected chi connectivity index (χ0v) is 8.56. The highest BCUT2D eigenvalue weighted by Crippen LogP contribution is 2.33. The van der Waals surface area contributed by atoms with E-state index in [1.165, 1.54) is 10.3 Å². The molecule has 2 aromatic rings. The number of nitrogens with two attached hydrogens (primary N) is 1. The maximum Gasteiger partial charge on any atom is 0.132 e. The minimum Gasteiger partial charge on any atom is -0.383 e. The number of hydrogen-bond acceptors (Lipinski definition) is 3. The molecule has 68 valence electrons. The third kappa shape index (κ3) is 1.29. The van der Waals surface area contributed by atoms with Crippen LogP contribution in [0.3, 0.4) is 0 Å². The maximum atomic E-state index is 5.83. The first-order chi connectivity index (χ1) is 6.20. The van der Waals surface area contributed by atoms with Crippen LogP contribution in [0.1, 0.15) is 25.3 Å². The summed E-state index contributed by atoms with van der Waals surface area (Å²) < 4.78 is 1.23. The summed E-state index contributed by atoms with van der Waals surface area (Å²) in [6.07, 6.45) is 1.76. The van der Waals surface area contributed by atoms with Crippen LogP contribution < -0.4 is 5.73 Å². The van der Waals surface area contributed by atoms with Gasteiger partial charge in [-0.2, -0.15) is 0 Å². The Balaban J connectivity index is 2.79. The van der Waals surface area contributed by atoms with Gasteiger partial charge in [0.05, 0.1) is 0 Å². The highest BCUT2D eigenvalue weighted by Gasteiger charge is 2.10. The topological polar surface area (TPSA) is 38.9 Å². The zero-order chi connectivity index (χ0) is 9.42. The molecule has 2 heterocycles. The molecule has 2 rings (SSSR count). The van der Waals surface area contributed by atoms with E-state index in [0.717, 1.165) is 5.39 Å². The van der Waals surface area contributed by atoms with Gasteiger partial charge in [-0.05, 0) is 22.9 Å². The number of hydrogen-bond donors (Lipinski definition) is 1. The first-order valence-corrected chi connectivity index (χ1v) is 5.19. The van der Waals surface area contributed by atoms with Gasteiger partial charge in [0.1, 0.15) is 5.82 Å². The number of thiophene rings is 1. The van der Waals surface area contributed by atoms with Crippen molar-refractivity contribution >= 4 is 27.2 Å². The zero-order valence-electron chi connectivity index (χ0n) is 7.74. The molecule has 0 aliphatic rings. The molecular weight excluding hydrogens is 180 g/mol. The molecule has 0 bridgehead atoms. The Bertz CT molecular complexity index is 431. The smallest absolute Gasteiger partial charge is 0.132 e. The average Bonchev–Trinajstić information content (AvgIpc) is 2.49. The summed E-state index contributed by atoms with van der Waals surface area (Å²) in [6.45, 7) is 4.35. The van der Waals surface area contributed by atoms with Crippen LogP contribution in [-0.4, -0.2) is 4.98 Å². The molecule has 0 aliphatic heterocycles. The summed E-state index contributed by atoms with van der Waals surface area (Å²) in [5, 5.41) is 3.32. The molecule has 0 aromatic carbocycles. The Morgan fingerprint density at radius 3 is 2.92 bits per heavy atom. The van der Waals surface area contributed by atoms with Gasteiger partial charge >= 0.3 is 0 Å². The van der Waals surface area contributed by atoms with Crippen molar-refractivity contribution in [2.75, 3.05) is 5.73 Å². The van der Waals surface area contributed by atoms with Gasteiger partial charge in [-0.1, -0.05) is 13.8 Å². The van der Waals surface area contributed by atoms with Crippen molar-refractivity contribution < 1.29 is 0 Å². The summed E-state index contributed by atoms with van der Waals surface area (Å²) in [4.78, 5) is 4.11. The molecule has 2 aromatic heterocycles. The largest absolute Gasteiger partial charge is 0.383 e. The standard InChI is InChI=1S/C10H12N2S/c1-6(2)7-5-13-8-3-4-12-10(11)9(7)8/h3-6H,1-2H3,(H2,11,12). The van der Waals surface area contributed by atoms with Crippen molar-refractivity contribution in [3.8, 4) is 0 Å². The third-order valence-electron chi connectivity index (χ3n) is 2.17. The van der Waals surface area contributed by atoms with E-state index < -0.39 is 0 Å². The van der Waals surface area contributed by atoms with Gasteiger partial charge in [-0.15, -0.1) is 11.3 Å². The van der Waals surface area contributed by atoms with Crippen LogP contribution in [0.4, 0.5) is 5.82 Å². The normalized spacial score (nSPS) is 11.3. The number of nitrogen functional groups attached to an aromatic ring is 1. The fourth-order valence-corrected chi connectivity index (χ4v) is 2.58. The van der Waals surface area contributed by atoms with E-state index in [9.17, 15) is 0 Å². The van der Waals surface area contributed by atoms with Gasteiger partial charge in [0, 0.05) is 16.3 Å².